The molecule has 2 N–H and O–H groups in total. The number of aromatic nitrogens is 2. The molecule has 1 amide bonds. The summed E-state index contributed by atoms with van der Waals surface area (Å²) in [6, 6.07) is 8.59. The van der Waals surface area contributed by atoms with Crippen LogP contribution in [0.25, 0.3) is 0 Å². The first-order chi connectivity index (χ1) is 11.2. The number of aliphatic hydroxyl groups excluding tert-OH is 1. The van der Waals surface area contributed by atoms with E-state index in [1.165, 1.54) is 6.26 Å². The minimum absolute atomic E-state index is 0.236. The molecule has 23 heavy (non-hydrogen) atoms. The third kappa shape index (κ3) is 3.89. The van der Waals surface area contributed by atoms with Gasteiger partial charge < -0.3 is 19.3 Å². The van der Waals surface area contributed by atoms with Crippen molar-refractivity contribution in [1.29, 1.82) is 0 Å². The molecule has 0 unspecified atom stereocenters. The third-order valence-electron chi connectivity index (χ3n) is 3.34. The van der Waals surface area contributed by atoms with Gasteiger partial charge >= 0.3 is 0 Å². The number of nitrogens with one attached hydrogen (secondary N) is 1. The van der Waals surface area contributed by atoms with E-state index in [1.807, 2.05) is 12.3 Å². The quantitative estimate of drug-likeness (QED) is 0.695. The first-order valence-corrected chi connectivity index (χ1v) is 7.28. The molecule has 120 valence electrons. The van der Waals surface area contributed by atoms with Crippen molar-refractivity contribution < 1.29 is 18.7 Å². The number of nitrogens with zero attached hydrogens (tertiary/aromatic N) is 2. The zero-order valence-corrected chi connectivity index (χ0v) is 12.4. The Morgan fingerprint density at radius 3 is 3.00 bits per heavy atom. The standard InChI is InChI=1S/C16H17N3O4/c20-13(14-3-1-10-22-14)6-8-17-16(21)15-5-4-12(23-15)11-19-9-2-7-18-19/h1-5,7,9-10,13,20H,6,8,11H2,(H,17,21)/t13-/m0/s1. The molecule has 0 fully saturated rings. The zero-order chi connectivity index (χ0) is 16.1. The van der Waals surface area contributed by atoms with E-state index < -0.39 is 6.10 Å². The molecule has 0 aliphatic carbocycles. The molecule has 0 spiro atoms. The molecule has 3 aromatic heterocycles. The van der Waals surface area contributed by atoms with Gasteiger partial charge in [-0.2, -0.15) is 5.10 Å². The highest BCUT2D eigenvalue weighted by atomic mass is 16.4. The van der Waals surface area contributed by atoms with Crippen LogP contribution in [-0.2, 0) is 6.54 Å². The highest BCUT2D eigenvalue weighted by Gasteiger charge is 2.14. The molecule has 0 aliphatic rings. The average molecular weight is 315 g/mol. The SMILES string of the molecule is O=C(NCC[C@H](O)c1ccco1)c1ccc(Cn2cccn2)o1. The van der Waals surface area contributed by atoms with E-state index in [1.54, 1.807) is 35.1 Å². The Labute approximate surface area is 132 Å². The highest BCUT2D eigenvalue weighted by Crippen LogP contribution is 2.16. The van der Waals surface area contributed by atoms with E-state index in [0.717, 1.165) is 0 Å². The molecule has 7 nitrogen and oxygen atoms in total. The Hall–Kier alpha value is -2.80. The van der Waals surface area contributed by atoms with Gasteiger partial charge in [0.2, 0.25) is 0 Å². The predicted octanol–water partition coefficient (Wildman–Crippen LogP) is 1.97. The second-order valence-corrected chi connectivity index (χ2v) is 5.05. The van der Waals surface area contributed by atoms with Gasteiger partial charge in [-0.15, -0.1) is 0 Å². The maximum atomic E-state index is 12.0. The zero-order valence-electron chi connectivity index (χ0n) is 12.4. The van der Waals surface area contributed by atoms with E-state index in [4.69, 9.17) is 8.83 Å². The van der Waals surface area contributed by atoms with Gasteiger partial charge in [0, 0.05) is 18.9 Å². The smallest absolute Gasteiger partial charge is 0.286 e. The van der Waals surface area contributed by atoms with Gasteiger partial charge in [-0.05, 0) is 36.8 Å². The molecule has 0 saturated heterocycles. The predicted molar refractivity (Wildman–Crippen MR) is 80.7 cm³/mol. The van der Waals surface area contributed by atoms with Crippen molar-refractivity contribution in [3.8, 4) is 0 Å². The number of aliphatic hydroxyl groups is 1. The molecule has 3 rings (SSSR count). The molecular weight excluding hydrogens is 298 g/mol. The Kier molecular flexibility index (Phi) is 4.58. The first-order valence-electron chi connectivity index (χ1n) is 7.28. The molecule has 0 aliphatic heterocycles. The number of carbonyl (C=O) groups is 1. The molecule has 0 radical (unpaired) electrons. The fraction of sp³-hybridized carbons (Fsp3) is 0.250. The summed E-state index contributed by atoms with van der Waals surface area (Å²) in [7, 11) is 0. The van der Waals surface area contributed by atoms with Crippen LogP contribution in [0.1, 0.15) is 34.6 Å². The Bertz CT molecular complexity index is 731. The largest absolute Gasteiger partial charge is 0.467 e. The normalized spacial score (nSPS) is 12.2. The van der Waals surface area contributed by atoms with Crippen molar-refractivity contribution in [3.05, 3.63) is 66.3 Å². The van der Waals surface area contributed by atoms with Crippen molar-refractivity contribution >= 4 is 5.91 Å². The van der Waals surface area contributed by atoms with Crippen LogP contribution < -0.4 is 5.32 Å². The van der Waals surface area contributed by atoms with E-state index in [0.29, 0.717) is 31.0 Å². The van der Waals surface area contributed by atoms with Crippen LogP contribution in [0.3, 0.4) is 0 Å². The third-order valence-corrected chi connectivity index (χ3v) is 3.34. The second kappa shape index (κ2) is 6.97. The van der Waals surface area contributed by atoms with E-state index in [-0.39, 0.29) is 11.7 Å². The summed E-state index contributed by atoms with van der Waals surface area (Å²) in [5, 5.41) is 16.6. The topological polar surface area (TPSA) is 93.4 Å². The Morgan fingerprint density at radius 2 is 2.26 bits per heavy atom. The molecule has 3 aromatic rings. The molecule has 3 heterocycles. The minimum Gasteiger partial charge on any atom is -0.467 e. The number of amides is 1. The van der Waals surface area contributed by atoms with Crippen molar-refractivity contribution in [2.75, 3.05) is 6.54 Å². The summed E-state index contributed by atoms with van der Waals surface area (Å²) in [5.74, 6) is 1.05. The van der Waals surface area contributed by atoms with Crippen LogP contribution in [0, 0.1) is 0 Å². The Balaban J connectivity index is 1.48. The van der Waals surface area contributed by atoms with Gasteiger partial charge in [-0.3, -0.25) is 9.48 Å². The van der Waals surface area contributed by atoms with Crippen LogP contribution in [0.15, 0.2) is 57.8 Å². The molecular formula is C16H17N3O4. The van der Waals surface area contributed by atoms with Gasteiger partial charge in [0.15, 0.2) is 5.76 Å². The van der Waals surface area contributed by atoms with Crippen LogP contribution in [0.5, 0.6) is 0 Å². The van der Waals surface area contributed by atoms with Crippen LogP contribution >= 0.6 is 0 Å². The lowest BCUT2D eigenvalue weighted by atomic mass is 10.2. The van der Waals surface area contributed by atoms with Gasteiger partial charge in [0.25, 0.3) is 5.91 Å². The van der Waals surface area contributed by atoms with Crippen molar-refractivity contribution in [2.24, 2.45) is 0 Å². The van der Waals surface area contributed by atoms with Gasteiger partial charge in [-0.1, -0.05) is 0 Å². The second-order valence-electron chi connectivity index (χ2n) is 5.05. The maximum Gasteiger partial charge on any atom is 0.286 e. The van der Waals surface area contributed by atoms with Crippen LogP contribution in [0.4, 0.5) is 0 Å². The summed E-state index contributed by atoms with van der Waals surface area (Å²) in [6.07, 6.45) is 4.62. The van der Waals surface area contributed by atoms with Crippen molar-refractivity contribution in [1.82, 2.24) is 15.1 Å². The average Bonchev–Trinajstić information content (AvgIpc) is 3.30. The fourth-order valence-corrected chi connectivity index (χ4v) is 2.17. The van der Waals surface area contributed by atoms with E-state index in [2.05, 4.69) is 10.4 Å². The monoisotopic (exact) mass is 315 g/mol. The van der Waals surface area contributed by atoms with Crippen molar-refractivity contribution in [2.45, 2.75) is 19.1 Å². The number of carbonyl (C=O) groups excluding carboxylic acids is 1. The summed E-state index contributed by atoms with van der Waals surface area (Å²) >= 11 is 0. The molecule has 1 atom stereocenters. The Morgan fingerprint density at radius 1 is 1.35 bits per heavy atom. The number of hydrogen-bond acceptors (Lipinski definition) is 5. The molecule has 7 heteroatoms. The number of hydrogen-bond donors (Lipinski definition) is 2. The lowest BCUT2D eigenvalue weighted by Gasteiger charge is -2.08. The highest BCUT2D eigenvalue weighted by molar-refractivity contribution is 5.91. The minimum atomic E-state index is -0.739. The molecule has 0 aromatic carbocycles. The van der Waals surface area contributed by atoms with Crippen LogP contribution in [0.2, 0.25) is 0 Å². The molecule has 0 bridgehead atoms. The first kappa shape index (κ1) is 15.1. The lowest BCUT2D eigenvalue weighted by molar-refractivity contribution is 0.0907. The van der Waals surface area contributed by atoms with Crippen molar-refractivity contribution in [3.63, 3.8) is 0 Å². The molecule has 0 saturated carbocycles. The summed E-state index contributed by atoms with van der Waals surface area (Å²) in [5.41, 5.74) is 0. The van der Waals surface area contributed by atoms with E-state index in [9.17, 15) is 9.90 Å². The number of rotatable bonds is 7. The lowest BCUT2D eigenvalue weighted by Crippen LogP contribution is -2.25. The number of furan rings is 2. The van der Waals surface area contributed by atoms with E-state index >= 15 is 0 Å². The van der Waals surface area contributed by atoms with Crippen LogP contribution in [-0.4, -0.2) is 27.3 Å². The van der Waals surface area contributed by atoms with Gasteiger partial charge in [0.05, 0.1) is 12.8 Å². The maximum absolute atomic E-state index is 12.0. The summed E-state index contributed by atoms with van der Waals surface area (Å²) < 4.78 is 12.3. The fourth-order valence-electron chi connectivity index (χ4n) is 2.17. The van der Waals surface area contributed by atoms with Gasteiger partial charge in [0.1, 0.15) is 17.6 Å². The van der Waals surface area contributed by atoms with Gasteiger partial charge in [-0.25, -0.2) is 0 Å². The summed E-state index contributed by atoms with van der Waals surface area (Å²) in [6.45, 7) is 0.785. The summed E-state index contributed by atoms with van der Waals surface area (Å²) in [4.78, 5) is 12.0.